The Hall–Kier alpha value is -0.810. The predicted molar refractivity (Wildman–Crippen MR) is 54.2 cm³/mol. The highest BCUT2D eigenvalue weighted by Crippen LogP contribution is 1.99. The number of aliphatic hydroxyl groups is 1. The van der Waals surface area contributed by atoms with Crippen LogP contribution in [0.5, 0.6) is 0 Å². The third-order valence-corrected chi connectivity index (χ3v) is 2.06. The summed E-state index contributed by atoms with van der Waals surface area (Å²) >= 11 is 0. The Morgan fingerprint density at radius 1 is 1.50 bits per heavy atom. The van der Waals surface area contributed by atoms with E-state index in [1.807, 2.05) is 6.92 Å². The Bertz CT molecular complexity index is 164. The lowest BCUT2D eigenvalue weighted by molar-refractivity contribution is 0.140. The highest BCUT2D eigenvalue weighted by Gasteiger charge is 2.11. The predicted octanol–water partition coefficient (Wildman–Crippen LogP) is 0.476. The number of aliphatic hydroxyl groups excluding tert-OH is 1. The third-order valence-electron chi connectivity index (χ3n) is 2.06. The smallest absolute Gasteiger partial charge is 0.407 e. The Labute approximate surface area is 84.5 Å². The van der Waals surface area contributed by atoms with Gasteiger partial charge in [0.2, 0.25) is 0 Å². The minimum atomic E-state index is -0.913. The number of hydrogen-bond donors (Lipinski definition) is 3. The van der Waals surface area contributed by atoms with Gasteiger partial charge in [-0.2, -0.15) is 0 Å². The van der Waals surface area contributed by atoms with Gasteiger partial charge in [0.25, 0.3) is 0 Å². The quantitative estimate of drug-likeness (QED) is 0.563. The van der Waals surface area contributed by atoms with E-state index in [1.165, 1.54) is 4.90 Å². The van der Waals surface area contributed by atoms with E-state index in [1.54, 1.807) is 0 Å². The Kier molecular flexibility index (Phi) is 7.14. The summed E-state index contributed by atoms with van der Waals surface area (Å²) in [5, 5.41) is 17.5. The topological polar surface area (TPSA) is 86.8 Å². The highest BCUT2D eigenvalue weighted by molar-refractivity contribution is 5.64. The molecule has 0 spiro atoms. The number of unbranched alkanes of at least 4 members (excludes halogenated alkanes) is 1. The van der Waals surface area contributed by atoms with Gasteiger partial charge in [0, 0.05) is 19.1 Å². The third kappa shape index (κ3) is 5.77. The molecular formula is C9H20N2O3. The number of rotatable bonds is 7. The molecule has 0 bridgehead atoms. The monoisotopic (exact) mass is 204 g/mol. The van der Waals surface area contributed by atoms with Gasteiger partial charge in [-0.15, -0.1) is 0 Å². The van der Waals surface area contributed by atoms with E-state index in [9.17, 15) is 4.79 Å². The van der Waals surface area contributed by atoms with Gasteiger partial charge in [-0.1, -0.05) is 13.3 Å². The molecule has 84 valence electrons. The van der Waals surface area contributed by atoms with Gasteiger partial charge >= 0.3 is 6.09 Å². The van der Waals surface area contributed by atoms with E-state index >= 15 is 0 Å². The number of nitrogens with zero attached hydrogens (tertiary/aromatic N) is 1. The summed E-state index contributed by atoms with van der Waals surface area (Å²) in [5.41, 5.74) is 5.48. The standard InChI is InChI=1S/C9H20N2O3/c1-2-3-5-11(9(13)14)6-4-8(10)7-12/h8,12H,2-7,10H2,1H3,(H,13,14)/t8-/m0/s1. The van der Waals surface area contributed by atoms with Crippen LogP contribution in [-0.2, 0) is 0 Å². The molecule has 14 heavy (non-hydrogen) atoms. The molecular weight excluding hydrogens is 184 g/mol. The molecule has 4 N–H and O–H groups in total. The molecule has 1 atom stereocenters. The maximum absolute atomic E-state index is 10.7. The zero-order chi connectivity index (χ0) is 11.0. The fraction of sp³-hybridized carbons (Fsp3) is 0.889. The van der Waals surface area contributed by atoms with E-state index in [4.69, 9.17) is 15.9 Å². The zero-order valence-corrected chi connectivity index (χ0v) is 8.65. The summed E-state index contributed by atoms with van der Waals surface area (Å²) < 4.78 is 0. The lowest BCUT2D eigenvalue weighted by atomic mass is 10.2. The second-order valence-electron chi connectivity index (χ2n) is 3.35. The van der Waals surface area contributed by atoms with Crippen LogP contribution in [0.1, 0.15) is 26.2 Å². The zero-order valence-electron chi connectivity index (χ0n) is 8.65. The lowest BCUT2D eigenvalue weighted by Crippen LogP contribution is -2.36. The largest absolute Gasteiger partial charge is 0.465 e. The van der Waals surface area contributed by atoms with E-state index in [0.717, 1.165) is 12.8 Å². The van der Waals surface area contributed by atoms with E-state index in [2.05, 4.69) is 0 Å². The molecule has 0 aliphatic heterocycles. The molecule has 0 fully saturated rings. The first-order valence-corrected chi connectivity index (χ1v) is 4.96. The van der Waals surface area contributed by atoms with Crippen molar-refractivity contribution < 1.29 is 15.0 Å². The van der Waals surface area contributed by atoms with E-state index in [0.29, 0.717) is 19.5 Å². The van der Waals surface area contributed by atoms with Gasteiger partial charge in [0.15, 0.2) is 0 Å². The van der Waals surface area contributed by atoms with Gasteiger partial charge in [0.1, 0.15) is 0 Å². The minimum Gasteiger partial charge on any atom is -0.465 e. The van der Waals surface area contributed by atoms with E-state index < -0.39 is 6.09 Å². The molecule has 0 aliphatic rings. The van der Waals surface area contributed by atoms with Gasteiger partial charge in [-0.05, 0) is 12.8 Å². The van der Waals surface area contributed by atoms with Crippen LogP contribution in [0.3, 0.4) is 0 Å². The second-order valence-corrected chi connectivity index (χ2v) is 3.35. The second kappa shape index (κ2) is 7.58. The van der Waals surface area contributed by atoms with Gasteiger partial charge in [-0.25, -0.2) is 4.79 Å². The van der Waals surface area contributed by atoms with Crippen molar-refractivity contribution in [3.63, 3.8) is 0 Å². The molecule has 0 aliphatic carbocycles. The molecule has 0 saturated heterocycles. The van der Waals surface area contributed by atoms with Crippen LogP contribution >= 0.6 is 0 Å². The summed E-state index contributed by atoms with van der Waals surface area (Å²) in [7, 11) is 0. The van der Waals surface area contributed by atoms with Crippen LogP contribution < -0.4 is 5.73 Å². The summed E-state index contributed by atoms with van der Waals surface area (Å²) in [6.45, 7) is 2.86. The van der Waals surface area contributed by atoms with Crippen molar-refractivity contribution in [2.24, 2.45) is 5.73 Å². The maximum atomic E-state index is 10.7. The first-order valence-electron chi connectivity index (χ1n) is 4.96. The summed E-state index contributed by atoms with van der Waals surface area (Å²) in [6, 6.07) is -0.321. The SMILES string of the molecule is CCCCN(CC[C@H](N)CO)C(=O)O. The molecule has 0 aromatic heterocycles. The first-order chi connectivity index (χ1) is 6.61. The van der Waals surface area contributed by atoms with Crippen molar-refractivity contribution in [1.29, 1.82) is 0 Å². The molecule has 0 rings (SSSR count). The first kappa shape index (κ1) is 13.2. The van der Waals surface area contributed by atoms with Crippen molar-refractivity contribution in [3.8, 4) is 0 Å². The molecule has 5 nitrogen and oxygen atoms in total. The average Bonchev–Trinajstić information content (AvgIpc) is 2.16. The molecule has 0 saturated carbocycles. The van der Waals surface area contributed by atoms with Crippen molar-refractivity contribution in [2.45, 2.75) is 32.2 Å². The lowest BCUT2D eigenvalue weighted by Gasteiger charge is -2.20. The molecule has 1 amide bonds. The summed E-state index contributed by atoms with van der Waals surface area (Å²) in [5.74, 6) is 0. The molecule has 0 radical (unpaired) electrons. The number of carboxylic acid groups (broad SMARTS) is 1. The minimum absolute atomic E-state index is 0.0960. The van der Waals surface area contributed by atoms with Crippen molar-refractivity contribution in [2.75, 3.05) is 19.7 Å². The number of amides is 1. The van der Waals surface area contributed by atoms with Gasteiger partial charge in [0.05, 0.1) is 6.61 Å². The molecule has 0 unspecified atom stereocenters. The molecule has 0 heterocycles. The molecule has 0 aromatic carbocycles. The van der Waals surface area contributed by atoms with E-state index in [-0.39, 0.29) is 12.6 Å². The summed E-state index contributed by atoms with van der Waals surface area (Å²) in [6.07, 6.45) is 1.42. The number of nitrogens with two attached hydrogens (primary N) is 1. The van der Waals surface area contributed by atoms with Gasteiger partial charge in [-0.3, -0.25) is 0 Å². The van der Waals surface area contributed by atoms with Gasteiger partial charge < -0.3 is 20.8 Å². The van der Waals surface area contributed by atoms with Crippen LogP contribution in [-0.4, -0.2) is 46.9 Å². The van der Waals surface area contributed by atoms with Crippen LogP contribution in [0, 0.1) is 0 Å². The fourth-order valence-corrected chi connectivity index (χ4v) is 1.07. The molecule has 0 aromatic rings. The van der Waals surface area contributed by atoms with Crippen molar-refractivity contribution in [1.82, 2.24) is 4.90 Å². The number of carbonyl (C=O) groups is 1. The fourth-order valence-electron chi connectivity index (χ4n) is 1.07. The maximum Gasteiger partial charge on any atom is 0.407 e. The van der Waals surface area contributed by atoms with Crippen molar-refractivity contribution in [3.05, 3.63) is 0 Å². The normalized spacial score (nSPS) is 12.5. The van der Waals surface area contributed by atoms with Crippen molar-refractivity contribution >= 4 is 6.09 Å². The Morgan fingerprint density at radius 3 is 2.57 bits per heavy atom. The Morgan fingerprint density at radius 2 is 2.14 bits per heavy atom. The Balaban J connectivity index is 3.79. The molecule has 5 heteroatoms. The van der Waals surface area contributed by atoms with Crippen LogP contribution in [0.15, 0.2) is 0 Å². The van der Waals surface area contributed by atoms with Crippen LogP contribution in [0.25, 0.3) is 0 Å². The summed E-state index contributed by atoms with van der Waals surface area (Å²) in [4.78, 5) is 12.1. The highest BCUT2D eigenvalue weighted by atomic mass is 16.4. The van der Waals surface area contributed by atoms with Crippen LogP contribution in [0.4, 0.5) is 4.79 Å². The average molecular weight is 204 g/mol. The number of hydrogen-bond acceptors (Lipinski definition) is 3. The van der Waals surface area contributed by atoms with Crippen LogP contribution in [0.2, 0.25) is 0 Å².